The van der Waals surface area contributed by atoms with Gasteiger partial charge in [0.1, 0.15) is 0 Å². The molecule has 22 heavy (non-hydrogen) atoms. The van der Waals surface area contributed by atoms with Crippen LogP contribution in [-0.4, -0.2) is 20.5 Å². The Morgan fingerprint density at radius 3 is 2.55 bits per heavy atom. The number of carboxylic acid groups (broad SMARTS) is 1. The molecule has 2 heterocycles. The van der Waals surface area contributed by atoms with Crippen molar-refractivity contribution >= 4 is 22.3 Å². The Balaban J connectivity index is 2.11. The topological polar surface area (TPSA) is 54.6 Å². The van der Waals surface area contributed by atoms with E-state index < -0.39 is 5.97 Å². The van der Waals surface area contributed by atoms with E-state index >= 15 is 0 Å². The average molecular weight is 314 g/mol. The van der Waals surface area contributed by atoms with Gasteiger partial charge in [-0.25, -0.2) is 4.98 Å². The minimum Gasteiger partial charge on any atom is -0.481 e. The SMILES string of the molecule is CCc1ccc(-c2c(CC)sc3nc(CC(=O)O)cn23)cc1. The van der Waals surface area contributed by atoms with Gasteiger partial charge in [-0.15, -0.1) is 11.3 Å². The second-order valence-corrected chi connectivity index (χ2v) is 6.30. The van der Waals surface area contributed by atoms with Gasteiger partial charge in [0.2, 0.25) is 0 Å². The van der Waals surface area contributed by atoms with Gasteiger partial charge in [-0.3, -0.25) is 9.20 Å². The summed E-state index contributed by atoms with van der Waals surface area (Å²) in [6.45, 7) is 4.27. The first-order valence-electron chi connectivity index (χ1n) is 7.43. The number of aromatic nitrogens is 2. The lowest BCUT2D eigenvalue weighted by Gasteiger charge is -2.05. The zero-order valence-corrected chi connectivity index (χ0v) is 13.5. The van der Waals surface area contributed by atoms with E-state index in [1.54, 1.807) is 11.3 Å². The first-order chi connectivity index (χ1) is 10.6. The number of thiazole rings is 1. The van der Waals surface area contributed by atoms with Crippen molar-refractivity contribution in [2.24, 2.45) is 0 Å². The summed E-state index contributed by atoms with van der Waals surface area (Å²) in [4.78, 5) is 17.4. The van der Waals surface area contributed by atoms with Crippen LogP contribution in [0.2, 0.25) is 0 Å². The Labute approximate surface area is 133 Å². The number of imidazole rings is 1. The Morgan fingerprint density at radius 2 is 1.95 bits per heavy atom. The Morgan fingerprint density at radius 1 is 1.23 bits per heavy atom. The number of aliphatic carboxylic acids is 1. The highest BCUT2D eigenvalue weighted by Crippen LogP contribution is 2.32. The van der Waals surface area contributed by atoms with Crippen molar-refractivity contribution in [1.29, 1.82) is 0 Å². The molecular formula is C17H18N2O2S. The summed E-state index contributed by atoms with van der Waals surface area (Å²) in [5.41, 5.74) is 4.20. The highest BCUT2D eigenvalue weighted by atomic mass is 32.1. The molecule has 0 atom stereocenters. The standard InChI is InChI=1S/C17H18N2O2S/c1-3-11-5-7-12(8-6-11)16-14(4-2)22-17-18-13(9-15(20)21)10-19(16)17/h5-8,10H,3-4,9H2,1-2H3,(H,20,21). The molecule has 3 aromatic rings. The molecule has 1 aromatic carbocycles. The molecule has 0 bridgehead atoms. The Kier molecular flexibility index (Phi) is 3.98. The van der Waals surface area contributed by atoms with Crippen LogP contribution in [-0.2, 0) is 24.1 Å². The molecule has 0 amide bonds. The maximum Gasteiger partial charge on any atom is 0.309 e. The minimum atomic E-state index is -0.852. The number of aryl methyl sites for hydroxylation is 2. The van der Waals surface area contributed by atoms with Crippen LogP contribution in [0.3, 0.4) is 0 Å². The Hall–Kier alpha value is -2.14. The maximum absolute atomic E-state index is 10.9. The largest absolute Gasteiger partial charge is 0.481 e. The van der Waals surface area contributed by atoms with Crippen LogP contribution in [0, 0.1) is 0 Å². The van der Waals surface area contributed by atoms with Crippen LogP contribution in [0.5, 0.6) is 0 Å². The normalized spacial score (nSPS) is 11.2. The summed E-state index contributed by atoms with van der Waals surface area (Å²) >= 11 is 1.64. The van der Waals surface area contributed by atoms with E-state index in [4.69, 9.17) is 5.11 Å². The second kappa shape index (κ2) is 5.93. The van der Waals surface area contributed by atoms with Crippen molar-refractivity contribution in [3.63, 3.8) is 0 Å². The molecule has 0 saturated heterocycles. The number of carboxylic acids is 1. The Bertz CT molecular complexity index is 815. The molecule has 0 saturated carbocycles. The van der Waals surface area contributed by atoms with Crippen LogP contribution in [0.25, 0.3) is 16.2 Å². The van der Waals surface area contributed by atoms with Gasteiger partial charge in [0, 0.05) is 11.1 Å². The zero-order valence-electron chi connectivity index (χ0n) is 12.7. The number of nitrogens with zero attached hydrogens (tertiary/aromatic N) is 2. The third-order valence-electron chi connectivity index (χ3n) is 3.73. The van der Waals surface area contributed by atoms with E-state index in [1.165, 1.54) is 10.4 Å². The maximum atomic E-state index is 10.9. The number of fused-ring (bicyclic) bond motifs is 1. The van der Waals surface area contributed by atoms with E-state index in [2.05, 4.69) is 43.1 Å². The van der Waals surface area contributed by atoms with E-state index in [1.807, 2.05) is 10.6 Å². The van der Waals surface area contributed by atoms with Crippen molar-refractivity contribution in [2.75, 3.05) is 0 Å². The molecule has 0 fully saturated rings. The zero-order chi connectivity index (χ0) is 15.7. The van der Waals surface area contributed by atoms with Crippen molar-refractivity contribution < 1.29 is 9.90 Å². The molecule has 0 aliphatic carbocycles. The number of hydrogen-bond donors (Lipinski definition) is 1. The molecule has 114 valence electrons. The smallest absolute Gasteiger partial charge is 0.309 e. The first-order valence-corrected chi connectivity index (χ1v) is 8.24. The summed E-state index contributed by atoms with van der Waals surface area (Å²) in [6, 6.07) is 8.56. The van der Waals surface area contributed by atoms with Gasteiger partial charge in [0.05, 0.1) is 17.8 Å². The summed E-state index contributed by atoms with van der Waals surface area (Å²) in [6.07, 6.45) is 3.77. The van der Waals surface area contributed by atoms with Crippen LogP contribution in [0.15, 0.2) is 30.5 Å². The lowest BCUT2D eigenvalue weighted by atomic mass is 10.1. The lowest BCUT2D eigenvalue weighted by Crippen LogP contribution is -2.00. The highest BCUT2D eigenvalue weighted by Gasteiger charge is 2.16. The molecule has 0 radical (unpaired) electrons. The van der Waals surface area contributed by atoms with Crippen molar-refractivity contribution in [3.8, 4) is 11.3 Å². The third kappa shape index (κ3) is 2.64. The fourth-order valence-corrected chi connectivity index (χ4v) is 3.70. The quantitative estimate of drug-likeness (QED) is 0.779. The molecule has 4 nitrogen and oxygen atoms in total. The molecule has 3 rings (SSSR count). The van der Waals surface area contributed by atoms with E-state index in [0.29, 0.717) is 5.69 Å². The fraction of sp³-hybridized carbons (Fsp3) is 0.294. The van der Waals surface area contributed by atoms with E-state index in [0.717, 1.165) is 29.1 Å². The third-order valence-corrected chi connectivity index (χ3v) is 4.93. The summed E-state index contributed by atoms with van der Waals surface area (Å²) in [5, 5.41) is 8.93. The monoisotopic (exact) mass is 314 g/mol. The van der Waals surface area contributed by atoms with E-state index in [9.17, 15) is 4.79 Å². The van der Waals surface area contributed by atoms with Gasteiger partial charge in [-0.05, 0) is 24.0 Å². The summed E-state index contributed by atoms with van der Waals surface area (Å²) < 4.78 is 2.03. The molecule has 0 aliphatic heterocycles. The second-order valence-electron chi connectivity index (χ2n) is 5.23. The number of benzene rings is 1. The van der Waals surface area contributed by atoms with Gasteiger partial charge >= 0.3 is 5.97 Å². The van der Waals surface area contributed by atoms with Crippen molar-refractivity contribution in [2.45, 2.75) is 33.1 Å². The van der Waals surface area contributed by atoms with Crippen molar-refractivity contribution in [3.05, 3.63) is 46.6 Å². The lowest BCUT2D eigenvalue weighted by molar-refractivity contribution is -0.136. The highest BCUT2D eigenvalue weighted by molar-refractivity contribution is 7.17. The summed E-state index contributed by atoms with van der Waals surface area (Å²) in [7, 11) is 0. The van der Waals surface area contributed by atoms with Gasteiger partial charge in [-0.1, -0.05) is 38.1 Å². The number of carbonyl (C=O) groups is 1. The van der Waals surface area contributed by atoms with Gasteiger partial charge in [0.25, 0.3) is 0 Å². The molecule has 0 spiro atoms. The average Bonchev–Trinajstić information content (AvgIpc) is 3.03. The van der Waals surface area contributed by atoms with Gasteiger partial charge < -0.3 is 5.11 Å². The van der Waals surface area contributed by atoms with Crippen LogP contribution < -0.4 is 0 Å². The predicted molar refractivity (Wildman–Crippen MR) is 88.6 cm³/mol. The molecule has 0 unspecified atom stereocenters. The van der Waals surface area contributed by atoms with E-state index in [-0.39, 0.29) is 6.42 Å². The molecule has 1 N–H and O–H groups in total. The number of rotatable bonds is 5. The molecule has 2 aromatic heterocycles. The predicted octanol–water partition coefficient (Wildman–Crippen LogP) is 3.81. The van der Waals surface area contributed by atoms with Gasteiger partial charge in [-0.2, -0.15) is 0 Å². The van der Waals surface area contributed by atoms with Crippen LogP contribution in [0.4, 0.5) is 0 Å². The summed E-state index contributed by atoms with van der Waals surface area (Å²) in [5.74, 6) is -0.852. The fourth-order valence-electron chi connectivity index (χ4n) is 2.61. The molecule has 5 heteroatoms. The minimum absolute atomic E-state index is 0.0376. The molecule has 0 aliphatic rings. The van der Waals surface area contributed by atoms with Crippen LogP contribution >= 0.6 is 11.3 Å². The molecular weight excluding hydrogens is 296 g/mol. The van der Waals surface area contributed by atoms with Crippen molar-refractivity contribution in [1.82, 2.24) is 9.38 Å². The van der Waals surface area contributed by atoms with Gasteiger partial charge in [0.15, 0.2) is 4.96 Å². The van der Waals surface area contributed by atoms with Crippen LogP contribution in [0.1, 0.15) is 30.0 Å². The first kappa shape index (κ1) is 14.8. The number of hydrogen-bond acceptors (Lipinski definition) is 3.